The first kappa shape index (κ1) is 13.5. The van der Waals surface area contributed by atoms with E-state index in [-0.39, 0.29) is 5.82 Å². The number of thiophene rings is 1. The summed E-state index contributed by atoms with van der Waals surface area (Å²) in [5.41, 5.74) is 1.68. The lowest BCUT2D eigenvalue weighted by atomic mass is 10.2. The van der Waals surface area contributed by atoms with Gasteiger partial charge in [0.15, 0.2) is 0 Å². The first-order valence-electron chi connectivity index (χ1n) is 7.25. The van der Waals surface area contributed by atoms with Gasteiger partial charge in [-0.2, -0.15) is 0 Å². The van der Waals surface area contributed by atoms with Crippen LogP contribution in [0.5, 0.6) is 0 Å². The summed E-state index contributed by atoms with van der Waals surface area (Å²) in [6.45, 7) is 3.24. The zero-order valence-corrected chi connectivity index (χ0v) is 12.8. The van der Waals surface area contributed by atoms with Crippen molar-refractivity contribution in [2.24, 2.45) is 0 Å². The Hall–Kier alpha value is -2.21. The van der Waals surface area contributed by atoms with Crippen LogP contribution in [0.1, 0.15) is 0 Å². The van der Waals surface area contributed by atoms with Gasteiger partial charge in [0.05, 0.1) is 15.9 Å². The third kappa shape index (κ3) is 2.29. The molecule has 4 nitrogen and oxygen atoms in total. The van der Waals surface area contributed by atoms with Gasteiger partial charge in [0.25, 0.3) is 0 Å². The maximum Gasteiger partial charge on any atom is 0.150 e. The molecule has 0 unspecified atom stereocenters. The highest BCUT2D eigenvalue weighted by Gasteiger charge is 2.21. The maximum absolute atomic E-state index is 13.9. The summed E-state index contributed by atoms with van der Waals surface area (Å²) in [6, 6.07) is 8.98. The predicted octanol–water partition coefficient (Wildman–Crippen LogP) is 3.16. The SMILES string of the molecule is Fc1ccccc1N1CCN(c2ncnc3ccsc23)CC1. The van der Waals surface area contributed by atoms with Gasteiger partial charge < -0.3 is 9.80 Å². The van der Waals surface area contributed by atoms with E-state index in [9.17, 15) is 4.39 Å². The first-order chi connectivity index (χ1) is 10.8. The van der Waals surface area contributed by atoms with Gasteiger partial charge in [-0.1, -0.05) is 12.1 Å². The van der Waals surface area contributed by atoms with Gasteiger partial charge in [0, 0.05) is 26.2 Å². The van der Waals surface area contributed by atoms with Crippen LogP contribution in [0.3, 0.4) is 0 Å². The summed E-state index contributed by atoms with van der Waals surface area (Å²) < 4.78 is 15.0. The largest absolute Gasteiger partial charge is 0.366 e. The summed E-state index contributed by atoms with van der Waals surface area (Å²) in [4.78, 5) is 13.1. The molecule has 1 saturated heterocycles. The van der Waals surface area contributed by atoms with Gasteiger partial charge in [0.1, 0.15) is 18.0 Å². The molecule has 4 rings (SSSR count). The van der Waals surface area contributed by atoms with Crippen molar-refractivity contribution in [2.75, 3.05) is 36.0 Å². The highest BCUT2D eigenvalue weighted by atomic mass is 32.1. The summed E-state index contributed by atoms with van der Waals surface area (Å²) >= 11 is 1.67. The zero-order chi connectivity index (χ0) is 14.9. The molecule has 0 aliphatic carbocycles. The van der Waals surface area contributed by atoms with Gasteiger partial charge >= 0.3 is 0 Å². The number of piperazine rings is 1. The van der Waals surface area contributed by atoms with Crippen molar-refractivity contribution < 1.29 is 4.39 Å². The van der Waals surface area contributed by atoms with Crippen molar-refractivity contribution in [1.82, 2.24) is 9.97 Å². The second-order valence-corrected chi connectivity index (χ2v) is 6.17. The lowest BCUT2D eigenvalue weighted by molar-refractivity contribution is 0.597. The van der Waals surface area contributed by atoms with Crippen LogP contribution in [0.25, 0.3) is 10.2 Å². The molecule has 22 heavy (non-hydrogen) atoms. The highest BCUT2D eigenvalue weighted by Crippen LogP contribution is 2.29. The van der Waals surface area contributed by atoms with E-state index in [1.807, 2.05) is 23.6 Å². The average Bonchev–Trinajstić information content (AvgIpc) is 3.04. The molecule has 0 atom stereocenters. The molecule has 112 valence electrons. The van der Waals surface area contributed by atoms with Crippen LogP contribution in [0.15, 0.2) is 42.0 Å². The molecule has 0 bridgehead atoms. The third-order valence-corrected chi connectivity index (χ3v) is 4.90. The molecule has 3 heterocycles. The fourth-order valence-corrected chi connectivity index (χ4v) is 3.73. The van der Waals surface area contributed by atoms with Gasteiger partial charge in [-0.25, -0.2) is 14.4 Å². The molecule has 2 aromatic heterocycles. The Morgan fingerprint density at radius 2 is 1.73 bits per heavy atom. The number of nitrogens with zero attached hydrogens (tertiary/aromatic N) is 4. The van der Waals surface area contributed by atoms with Crippen LogP contribution in [0.4, 0.5) is 15.9 Å². The van der Waals surface area contributed by atoms with Crippen molar-refractivity contribution >= 4 is 33.1 Å². The van der Waals surface area contributed by atoms with Gasteiger partial charge in [-0.3, -0.25) is 0 Å². The summed E-state index contributed by atoms with van der Waals surface area (Å²) in [6.07, 6.45) is 1.62. The summed E-state index contributed by atoms with van der Waals surface area (Å²) in [5, 5.41) is 2.04. The van der Waals surface area contributed by atoms with E-state index in [2.05, 4.69) is 19.8 Å². The Kier molecular flexibility index (Phi) is 3.38. The van der Waals surface area contributed by atoms with E-state index >= 15 is 0 Å². The topological polar surface area (TPSA) is 32.3 Å². The molecular weight excluding hydrogens is 299 g/mol. The molecular formula is C16H15FN4S. The van der Waals surface area contributed by atoms with Crippen LogP contribution < -0.4 is 9.80 Å². The minimum atomic E-state index is -0.154. The van der Waals surface area contributed by atoms with E-state index in [0.29, 0.717) is 5.69 Å². The van der Waals surface area contributed by atoms with Crippen LogP contribution in [-0.2, 0) is 0 Å². The number of rotatable bonds is 2. The number of hydrogen-bond acceptors (Lipinski definition) is 5. The number of halogens is 1. The summed E-state index contributed by atoms with van der Waals surface area (Å²) in [5.74, 6) is 0.840. The Morgan fingerprint density at radius 3 is 2.55 bits per heavy atom. The lowest BCUT2D eigenvalue weighted by Crippen LogP contribution is -2.47. The smallest absolute Gasteiger partial charge is 0.150 e. The quantitative estimate of drug-likeness (QED) is 0.727. The molecule has 0 amide bonds. The fourth-order valence-electron chi connectivity index (χ4n) is 2.87. The minimum Gasteiger partial charge on any atom is -0.366 e. The Balaban J connectivity index is 1.55. The van der Waals surface area contributed by atoms with Crippen LogP contribution in [0, 0.1) is 5.82 Å². The molecule has 1 aliphatic heterocycles. The number of hydrogen-bond donors (Lipinski definition) is 0. The summed E-state index contributed by atoms with van der Waals surface area (Å²) in [7, 11) is 0. The number of para-hydroxylation sites is 1. The third-order valence-electron chi connectivity index (χ3n) is 4.00. The molecule has 1 fully saturated rings. The second kappa shape index (κ2) is 5.53. The lowest BCUT2D eigenvalue weighted by Gasteiger charge is -2.36. The fraction of sp³-hybridized carbons (Fsp3) is 0.250. The molecule has 0 spiro atoms. The molecule has 0 N–H and O–H groups in total. The van der Waals surface area contributed by atoms with Crippen molar-refractivity contribution in [3.05, 3.63) is 47.9 Å². The zero-order valence-electron chi connectivity index (χ0n) is 11.9. The van der Waals surface area contributed by atoms with Crippen molar-refractivity contribution in [1.29, 1.82) is 0 Å². The van der Waals surface area contributed by atoms with E-state index in [0.717, 1.165) is 42.2 Å². The van der Waals surface area contributed by atoms with Gasteiger partial charge in [-0.15, -0.1) is 11.3 Å². The van der Waals surface area contributed by atoms with E-state index in [1.165, 1.54) is 6.07 Å². The monoisotopic (exact) mass is 314 g/mol. The molecule has 3 aromatic rings. The Morgan fingerprint density at radius 1 is 0.955 bits per heavy atom. The van der Waals surface area contributed by atoms with E-state index in [4.69, 9.17) is 0 Å². The van der Waals surface area contributed by atoms with Crippen LogP contribution in [0.2, 0.25) is 0 Å². The molecule has 6 heteroatoms. The van der Waals surface area contributed by atoms with Crippen molar-refractivity contribution in [2.45, 2.75) is 0 Å². The molecule has 1 aromatic carbocycles. The normalized spacial score (nSPS) is 15.5. The number of aromatic nitrogens is 2. The number of anilines is 2. The Bertz CT molecular complexity index is 795. The predicted molar refractivity (Wildman–Crippen MR) is 88.2 cm³/mol. The molecule has 1 aliphatic rings. The van der Waals surface area contributed by atoms with Crippen LogP contribution >= 0.6 is 11.3 Å². The Labute approximate surface area is 131 Å². The van der Waals surface area contributed by atoms with Gasteiger partial charge in [-0.05, 0) is 23.6 Å². The average molecular weight is 314 g/mol. The maximum atomic E-state index is 13.9. The molecule has 0 saturated carbocycles. The molecule has 0 radical (unpaired) electrons. The van der Waals surface area contributed by atoms with Gasteiger partial charge in [0.2, 0.25) is 0 Å². The second-order valence-electron chi connectivity index (χ2n) is 5.26. The highest BCUT2D eigenvalue weighted by molar-refractivity contribution is 7.17. The van der Waals surface area contributed by atoms with Crippen molar-refractivity contribution in [3.63, 3.8) is 0 Å². The van der Waals surface area contributed by atoms with E-state index < -0.39 is 0 Å². The number of fused-ring (bicyclic) bond motifs is 1. The number of benzene rings is 1. The standard InChI is InChI=1S/C16H15FN4S/c17-12-3-1-2-4-14(12)20-6-8-21(9-7-20)16-15-13(5-10-22-15)18-11-19-16/h1-5,10-11H,6-9H2. The van der Waals surface area contributed by atoms with Crippen LogP contribution in [-0.4, -0.2) is 36.1 Å². The minimum absolute atomic E-state index is 0.154. The van der Waals surface area contributed by atoms with E-state index in [1.54, 1.807) is 23.7 Å². The van der Waals surface area contributed by atoms with Crippen molar-refractivity contribution in [3.8, 4) is 0 Å². The first-order valence-corrected chi connectivity index (χ1v) is 8.13.